The molecule has 0 radical (unpaired) electrons. The van der Waals surface area contributed by atoms with Crippen molar-refractivity contribution in [1.82, 2.24) is 0 Å². The lowest BCUT2D eigenvalue weighted by Gasteiger charge is -1.99. The third-order valence-electron chi connectivity index (χ3n) is 1.91. The van der Waals surface area contributed by atoms with Crippen LogP contribution < -0.4 is 0 Å². The molecule has 0 saturated carbocycles. The summed E-state index contributed by atoms with van der Waals surface area (Å²) >= 11 is 0. The second-order valence-corrected chi connectivity index (χ2v) is 3.06. The summed E-state index contributed by atoms with van der Waals surface area (Å²) < 4.78 is 4.47. The van der Waals surface area contributed by atoms with Crippen molar-refractivity contribution in [1.29, 1.82) is 5.26 Å². The number of rotatable bonds is 2. The van der Waals surface area contributed by atoms with Gasteiger partial charge in [-0.25, -0.2) is 4.79 Å². The van der Waals surface area contributed by atoms with Gasteiger partial charge in [-0.1, -0.05) is 29.8 Å². The average molecular weight is 201 g/mol. The Balaban J connectivity index is 3.09. The molecule has 0 atom stereocenters. The van der Waals surface area contributed by atoms with E-state index in [1.54, 1.807) is 6.07 Å². The fourth-order valence-corrected chi connectivity index (χ4v) is 1.17. The molecule has 0 amide bonds. The second kappa shape index (κ2) is 4.97. The number of esters is 1. The molecule has 1 rings (SSSR count). The molecule has 0 N–H and O–H groups in total. The maximum Gasteiger partial charge on any atom is 0.331 e. The summed E-state index contributed by atoms with van der Waals surface area (Å²) in [6, 6.07) is 9.37. The molecule has 0 aliphatic carbocycles. The number of methoxy groups -OCH3 is 1. The molecule has 0 aliphatic rings. The summed E-state index contributed by atoms with van der Waals surface area (Å²) in [4.78, 5) is 11.0. The predicted octanol–water partition coefficient (Wildman–Crippen LogP) is 2.08. The van der Waals surface area contributed by atoms with E-state index in [1.807, 2.05) is 31.2 Å². The maximum absolute atomic E-state index is 11.0. The minimum atomic E-state index is -0.520. The van der Waals surface area contributed by atoms with E-state index in [4.69, 9.17) is 5.26 Å². The van der Waals surface area contributed by atoms with Crippen LogP contribution in [0.15, 0.2) is 30.3 Å². The Hall–Kier alpha value is -2.08. The minimum Gasteiger partial charge on any atom is -0.466 e. The van der Waals surface area contributed by atoms with Gasteiger partial charge < -0.3 is 4.74 Å². The van der Waals surface area contributed by atoms with Crippen molar-refractivity contribution in [3.8, 4) is 6.07 Å². The zero-order chi connectivity index (χ0) is 11.3. The smallest absolute Gasteiger partial charge is 0.331 e. The summed E-state index contributed by atoms with van der Waals surface area (Å²) in [5.41, 5.74) is 2.08. The topological polar surface area (TPSA) is 50.1 Å². The average Bonchev–Trinajstić information content (AvgIpc) is 2.25. The first-order chi connectivity index (χ1) is 7.17. The molecule has 76 valence electrons. The number of ether oxygens (including phenoxy) is 1. The highest BCUT2D eigenvalue weighted by Crippen LogP contribution is 2.14. The molecular formula is C12H11NO2. The summed E-state index contributed by atoms with van der Waals surface area (Å²) in [5.74, 6) is -0.520. The lowest BCUT2D eigenvalue weighted by molar-refractivity contribution is -0.134. The summed E-state index contributed by atoms with van der Waals surface area (Å²) in [6.45, 7) is 1.93. The van der Waals surface area contributed by atoms with Gasteiger partial charge in [0.25, 0.3) is 0 Å². The number of hydrogen-bond donors (Lipinski definition) is 0. The standard InChI is InChI=1S/C12H11NO2/c1-9-4-3-5-10(6-9)11(8-13)7-12(14)15-2/h3-7H,1-2H3. The molecular weight excluding hydrogens is 190 g/mol. The molecule has 0 aliphatic heterocycles. The first-order valence-corrected chi connectivity index (χ1v) is 4.44. The van der Waals surface area contributed by atoms with Crippen molar-refractivity contribution in [3.05, 3.63) is 41.5 Å². The van der Waals surface area contributed by atoms with E-state index in [0.29, 0.717) is 5.57 Å². The third-order valence-corrected chi connectivity index (χ3v) is 1.91. The minimum absolute atomic E-state index is 0.311. The fourth-order valence-electron chi connectivity index (χ4n) is 1.17. The lowest BCUT2D eigenvalue weighted by atomic mass is 10.0. The Morgan fingerprint density at radius 1 is 1.53 bits per heavy atom. The highest BCUT2D eigenvalue weighted by atomic mass is 16.5. The number of benzene rings is 1. The van der Waals surface area contributed by atoms with Gasteiger partial charge in [0.15, 0.2) is 0 Å². The van der Waals surface area contributed by atoms with Gasteiger partial charge >= 0.3 is 5.97 Å². The molecule has 15 heavy (non-hydrogen) atoms. The van der Waals surface area contributed by atoms with Gasteiger partial charge in [-0.15, -0.1) is 0 Å². The Kier molecular flexibility index (Phi) is 3.64. The van der Waals surface area contributed by atoms with Gasteiger partial charge in [-0.2, -0.15) is 5.26 Å². The van der Waals surface area contributed by atoms with E-state index in [1.165, 1.54) is 13.2 Å². The van der Waals surface area contributed by atoms with Gasteiger partial charge in [0.2, 0.25) is 0 Å². The van der Waals surface area contributed by atoms with Crippen LogP contribution in [-0.2, 0) is 9.53 Å². The van der Waals surface area contributed by atoms with Crippen molar-refractivity contribution < 1.29 is 9.53 Å². The zero-order valence-corrected chi connectivity index (χ0v) is 8.65. The summed E-state index contributed by atoms with van der Waals surface area (Å²) in [5, 5.41) is 8.89. The van der Waals surface area contributed by atoms with E-state index in [-0.39, 0.29) is 0 Å². The highest BCUT2D eigenvalue weighted by molar-refractivity contribution is 5.95. The van der Waals surface area contributed by atoms with Crippen LogP contribution in [0, 0.1) is 18.3 Å². The van der Waals surface area contributed by atoms with Crippen LogP contribution >= 0.6 is 0 Å². The van der Waals surface area contributed by atoms with Crippen LogP contribution in [-0.4, -0.2) is 13.1 Å². The quantitative estimate of drug-likeness (QED) is 0.418. The van der Waals surface area contributed by atoms with E-state index in [9.17, 15) is 4.79 Å². The Bertz CT molecular complexity index is 441. The number of allylic oxidation sites excluding steroid dienone is 1. The van der Waals surface area contributed by atoms with Crippen LogP contribution in [0.5, 0.6) is 0 Å². The molecule has 0 bridgehead atoms. The molecule has 0 unspecified atom stereocenters. The van der Waals surface area contributed by atoms with E-state index in [0.717, 1.165) is 11.1 Å². The van der Waals surface area contributed by atoms with Crippen molar-refractivity contribution in [2.75, 3.05) is 7.11 Å². The van der Waals surface area contributed by atoms with E-state index >= 15 is 0 Å². The monoisotopic (exact) mass is 201 g/mol. The number of nitrogens with zero attached hydrogens (tertiary/aromatic N) is 1. The Labute approximate surface area is 88.6 Å². The third kappa shape index (κ3) is 2.96. The molecule has 0 saturated heterocycles. The summed E-state index contributed by atoms with van der Waals surface area (Å²) in [7, 11) is 1.28. The fraction of sp³-hybridized carbons (Fsp3) is 0.167. The van der Waals surface area contributed by atoms with Crippen molar-refractivity contribution in [2.24, 2.45) is 0 Å². The Morgan fingerprint density at radius 2 is 2.27 bits per heavy atom. The zero-order valence-electron chi connectivity index (χ0n) is 8.65. The van der Waals surface area contributed by atoms with Gasteiger partial charge in [0.1, 0.15) is 6.07 Å². The van der Waals surface area contributed by atoms with Crippen molar-refractivity contribution in [2.45, 2.75) is 6.92 Å². The largest absolute Gasteiger partial charge is 0.466 e. The van der Waals surface area contributed by atoms with E-state index < -0.39 is 5.97 Å². The van der Waals surface area contributed by atoms with E-state index in [2.05, 4.69) is 4.74 Å². The van der Waals surface area contributed by atoms with Crippen LogP contribution in [0.3, 0.4) is 0 Å². The molecule has 1 aromatic carbocycles. The van der Waals surface area contributed by atoms with Crippen molar-refractivity contribution >= 4 is 11.5 Å². The number of hydrogen-bond acceptors (Lipinski definition) is 3. The highest BCUT2D eigenvalue weighted by Gasteiger charge is 2.03. The summed E-state index contributed by atoms with van der Waals surface area (Å²) in [6.07, 6.45) is 1.19. The second-order valence-electron chi connectivity index (χ2n) is 3.06. The lowest BCUT2D eigenvalue weighted by Crippen LogP contribution is -1.96. The molecule has 0 fully saturated rings. The maximum atomic E-state index is 11.0. The van der Waals surface area contributed by atoms with Gasteiger partial charge in [0.05, 0.1) is 12.7 Å². The molecule has 1 aromatic rings. The normalized spacial score (nSPS) is 10.6. The van der Waals surface area contributed by atoms with Gasteiger partial charge in [-0.05, 0) is 12.5 Å². The number of carbonyl (C=O) groups is 1. The SMILES string of the molecule is COC(=O)C=C(C#N)c1cccc(C)c1. The van der Waals surface area contributed by atoms with Crippen molar-refractivity contribution in [3.63, 3.8) is 0 Å². The van der Waals surface area contributed by atoms with Gasteiger partial charge in [0, 0.05) is 6.08 Å². The predicted molar refractivity (Wildman–Crippen MR) is 56.8 cm³/mol. The number of carbonyl (C=O) groups excluding carboxylic acids is 1. The Morgan fingerprint density at radius 3 is 2.80 bits per heavy atom. The van der Waals surface area contributed by atoms with Gasteiger partial charge in [-0.3, -0.25) is 0 Å². The first-order valence-electron chi connectivity index (χ1n) is 4.44. The van der Waals surface area contributed by atoms with Crippen LogP contribution in [0.25, 0.3) is 5.57 Å². The first kappa shape index (κ1) is 11.0. The molecule has 3 nitrogen and oxygen atoms in total. The number of nitriles is 1. The number of aryl methyl sites for hydroxylation is 1. The molecule has 3 heteroatoms. The molecule has 0 aromatic heterocycles. The van der Waals surface area contributed by atoms with Crippen LogP contribution in [0.4, 0.5) is 0 Å². The molecule has 0 spiro atoms. The van der Waals surface area contributed by atoms with Crippen LogP contribution in [0.2, 0.25) is 0 Å². The van der Waals surface area contributed by atoms with Crippen LogP contribution in [0.1, 0.15) is 11.1 Å². The molecule has 0 heterocycles.